The topological polar surface area (TPSA) is 297 Å². The van der Waals surface area contributed by atoms with Gasteiger partial charge in [-0.2, -0.15) is 4.98 Å². The normalized spacial score (nSPS) is 37.7. The quantitative estimate of drug-likeness (QED) is 0.149. The number of nitrogens with zero attached hydrogens (tertiary/aromatic N) is 6. The highest BCUT2D eigenvalue weighted by Crippen LogP contribution is 2.55. The molecule has 2 bridgehead atoms. The van der Waals surface area contributed by atoms with Gasteiger partial charge in [-0.1, -0.05) is 0 Å². The summed E-state index contributed by atoms with van der Waals surface area (Å²) in [6, 6.07) is 1.53. The Kier molecular flexibility index (Phi) is 7.34. The van der Waals surface area contributed by atoms with Crippen LogP contribution in [-0.4, -0.2) is 92.2 Å². The lowest BCUT2D eigenvalue weighted by molar-refractivity contribution is -0.0870. The summed E-state index contributed by atoms with van der Waals surface area (Å²) in [7, 11) is -9.91. The average Bonchev–Trinajstić information content (AvgIpc) is 3.72. The van der Waals surface area contributed by atoms with Crippen molar-refractivity contribution in [3.8, 4) is 0 Å². The molecule has 0 radical (unpaired) electrons. The standard InChI is InChI=1S/C22H27N9O12P2/c1-8-15-16(14(32)21(40-15)30-6-26-12-10(23)2-3-25-17(12)30)43-44(34,35)38-5-9-4-11(42-45(36,37)41-8)20(39-9)31-7-27-13-18(31)28-22(24)29-19(13)33/h2-3,6-9,11,14-16,20-21,32H,4-5H2,1H3,(H2,23,25)(H,34,35)(H,36,37)(H3,24,28,29,33)/t8-,9-,11+,14+,15-,16-,20+,21?/m0/s1. The Morgan fingerprint density at radius 3 is 2.47 bits per heavy atom. The van der Waals surface area contributed by atoms with Crippen molar-refractivity contribution in [3.63, 3.8) is 0 Å². The fourth-order valence-corrected chi connectivity index (χ4v) is 7.76. The molecule has 3 aliphatic heterocycles. The van der Waals surface area contributed by atoms with E-state index in [1.54, 1.807) is 0 Å². The zero-order valence-electron chi connectivity index (χ0n) is 23.1. The molecule has 8 N–H and O–H groups in total. The van der Waals surface area contributed by atoms with Crippen molar-refractivity contribution in [2.24, 2.45) is 0 Å². The first kappa shape index (κ1) is 30.3. The number of nitrogens with one attached hydrogen (secondary N) is 1. The Morgan fingerprint density at radius 2 is 1.69 bits per heavy atom. The maximum atomic E-state index is 13.4. The van der Waals surface area contributed by atoms with Gasteiger partial charge < -0.3 is 35.8 Å². The highest BCUT2D eigenvalue weighted by Gasteiger charge is 2.54. The van der Waals surface area contributed by atoms with Gasteiger partial charge in [-0.05, 0) is 13.0 Å². The second-order valence-corrected chi connectivity index (χ2v) is 13.4. The number of pyridine rings is 1. The highest BCUT2D eigenvalue weighted by atomic mass is 31.2. The van der Waals surface area contributed by atoms with Gasteiger partial charge in [0.25, 0.3) is 5.56 Å². The maximum absolute atomic E-state index is 13.4. The molecule has 21 nitrogen and oxygen atoms in total. The predicted octanol–water partition coefficient (Wildman–Crippen LogP) is -0.319. The third-order valence-electron chi connectivity index (χ3n) is 7.59. The minimum absolute atomic E-state index is 0.0127. The number of anilines is 2. The van der Waals surface area contributed by atoms with Crippen LogP contribution in [0.2, 0.25) is 0 Å². The van der Waals surface area contributed by atoms with Crippen LogP contribution in [0.3, 0.4) is 0 Å². The number of hydrogen-bond donors (Lipinski definition) is 6. The van der Waals surface area contributed by atoms with Crippen molar-refractivity contribution < 1.29 is 51.6 Å². The number of aliphatic hydroxyl groups excluding tert-OH is 1. The minimum atomic E-state index is -4.96. The van der Waals surface area contributed by atoms with Crippen LogP contribution >= 0.6 is 15.6 Å². The fraction of sp³-hybridized carbons (Fsp3) is 0.500. The number of nitrogens with two attached hydrogens (primary N) is 2. The van der Waals surface area contributed by atoms with Crippen LogP contribution in [0.25, 0.3) is 22.3 Å². The number of aliphatic hydroxyl groups is 1. The van der Waals surface area contributed by atoms with Crippen LogP contribution in [0.4, 0.5) is 11.6 Å². The van der Waals surface area contributed by atoms with Crippen molar-refractivity contribution >= 4 is 49.6 Å². The van der Waals surface area contributed by atoms with Crippen LogP contribution in [0.5, 0.6) is 0 Å². The molecular formula is C22H27N9O12P2. The van der Waals surface area contributed by atoms with Crippen LogP contribution in [0.1, 0.15) is 25.8 Å². The van der Waals surface area contributed by atoms with E-state index in [4.69, 9.17) is 39.0 Å². The molecule has 7 heterocycles. The van der Waals surface area contributed by atoms with Gasteiger partial charge in [0.15, 0.2) is 29.3 Å². The third-order valence-corrected chi connectivity index (χ3v) is 9.72. The fourth-order valence-electron chi connectivity index (χ4n) is 5.67. The molecule has 0 saturated carbocycles. The van der Waals surface area contributed by atoms with Gasteiger partial charge in [0.2, 0.25) is 5.95 Å². The Balaban J connectivity index is 1.21. The second-order valence-electron chi connectivity index (χ2n) is 10.6. The summed E-state index contributed by atoms with van der Waals surface area (Å²) < 4.78 is 62.6. The largest absolute Gasteiger partial charge is 0.472 e. The van der Waals surface area contributed by atoms with Gasteiger partial charge in [-0.15, -0.1) is 0 Å². The number of fused-ring (bicyclic) bond motifs is 5. The summed E-state index contributed by atoms with van der Waals surface area (Å²) in [5.41, 5.74) is 11.8. The molecule has 23 heteroatoms. The minimum Gasteiger partial charge on any atom is -0.397 e. The van der Waals surface area contributed by atoms with Crippen molar-refractivity contribution in [3.05, 3.63) is 35.3 Å². The van der Waals surface area contributed by atoms with E-state index in [0.29, 0.717) is 11.2 Å². The lowest BCUT2D eigenvalue weighted by atomic mass is 10.1. The van der Waals surface area contributed by atoms with Gasteiger partial charge in [-0.25, -0.2) is 24.1 Å². The third kappa shape index (κ3) is 5.45. The number of ether oxygens (including phenoxy) is 2. The molecule has 3 fully saturated rings. The monoisotopic (exact) mass is 671 g/mol. The Morgan fingerprint density at radius 1 is 0.956 bits per heavy atom. The number of aromatic amines is 1. The zero-order chi connectivity index (χ0) is 31.8. The van der Waals surface area contributed by atoms with E-state index in [1.807, 2.05) is 0 Å². The van der Waals surface area contributed by atoms with Crippen molar-refractivity contribution in [1.29, 1.82) is 0 Å². The van der Waals surface area contributed by atoms with Gasteiger partial charge in [0.1, 0.15) is 29.9 Å². The van der Waals surface area contributed by atoms with Crippen molar-refractivity contribution in [2.75, 3.05) is 18.1 Å². The van der Waals surface area contributed by atoms with E-state index >= 15 is 0 Å². The molecule has 3 saturated heterocycles. The highest BCUT2D eigenvalue weighted by molar-refractivity contribution is 7.47. The molecule has 45 heavy (non-hydrogen) atoms. The number of nitrogen functional groups attached to an aromatic ring is 2. The summed E-state index contributed by atoms with van der Waals surface area (Å²) in [6.07, 6.45) is -7.06. The SMILES string of the molecule is C[C@@H]1OP(=O)(O)O[C@@H]2C[C@@H](COP(=O)(O)O[C@@H]3[C@H]1OC(n1cnc4c(N)ccnc41)[C@@H]3O)O[C@H]2n1cnc2c(=O)[nH]c(N)nc21. The van der Waals surface area contributed by atoms with Crippen LogP contribution in [0, 0.1) is 0 Å². The molecule has 0 aromatic carbocycles. The van der Waals surface area contributed by atoms with Gasteiger partial charge in [0.05, 0.1) is 37.2 Å². The lowest BCUT2D eigenvalue weighted by Gasteiger charge is -2.29. The smallest absolute Gasteiger partial charge is 0.397 e. The Labute approximate surface area is 251 Å². The number of H-pyrrole nitrogens is 1. The van der Waals surface area contributed by atoms with E-state index in [2.05, 4.69) is 24.9 Å². The summed E-state index contributed by atoms with van der Waals surface area (Å²) in [5.74, 6) is -0.218. The van der Waals surface area contributed by atoms with E-state index in [9.17, 15) is 28.8 Å². The molecule has 0 spiro atoms. The first-order valence-electron chi connectivity index (χ1n) is 13.4. The van der Waals surface area contributed by atoms with E-state index in [0.717, 1.165) is 0 Å². The Hall–Kier alpha value is -3.33. The number of phosphoric acid groups is 2. The van der Waals surface area contributed by atoms with Gasteiger partial charge >= 0.3 is 15.6 Å². The van der Waals surface area contributed by atoms with E-state index < -0.39 is 76.9 Å². The summed E-state index contributed by atoms with van der Waals surface area (Å²) >= 11 is 0. The predicted molar refractivity (Wildman–Crippen MR) is 149 cm³/mol. The molecule has 242 valence electrons. The molecule has 0 aliphatic carbocycles. The zero-order valence-corrected chi connectivity index (χ0v) is 24.9. The first-order chi connectivity index (χ1) is 21.3. The average molecular weight is 671 g/mol. The molecule has 3 aliphatic rings. The van der Waals surface area contributed by atoms with E-state index in [1.165, 1.54) is 41.0 Å². The summed E-state index contributed by atoms with van der Waals surface area (Å²) in [5, 5.41) is 11.3. The number of hydrogen-bond acceptors (Lipinski definition) is 16. The van der Waals surface area contributed by atoms with Gasteiger partial charge in [0, 0.05) is 12.6 Å². The van der Waals surface area contributed by atoms with Gasteiger partial charge in [-0.3, -0.25) is 37.0 Å². The molecule has 10 atom stereocenters. The molecule has 0 amide bonds. The van der Waals surface area contributed by atoms with Crippen LogP contribution < -0.4 is 17.0 Å². The number of imidazole rings is 2. The summed E-state index contributed by atoms with van der Waals surface area (Å²) in [4.78, 5) is 52.7. The maximum Gasteiger partial charge on any atom is 0.472 e. The number of phosphoric ester groups is 2. The molecule has 3 unspecified atom stereocenters. The van der Waals surface area contributed by atoms with Crippen molar-refractivity contribution in [1.82, 2.24) is 34.1 Å². The van der Waals surface area contributed by atoms with E-state index in [-0.39, 0.29) is 29.2 Å². The second kappa shape index (κ2) is 10.9. The molecule has 7 rings (SSSR count). The molecule has 4 aromatic rings. The van der Waals surface area contributed by atoms with Crippen molar-refractivity contribution in [2.45, 2.75) is 62.4 Å². The molecular weight excluding hydrogens is 644 g/mol. The lowest BCUT2D eigenvalue weighted by Crippen LogP contribution is -2.40. The van der Waals surface area contributed by atoms with Crippen LogP contribution in [0.15, 0.2) is 29.7 Å². The Bertz CT molecular complexity index is 1930. The summed E-state index contributed by atoms with van der Waals surface area (Å²) in [6.45, 7) is 0.771. The number of aromatic nitrogens is 7. The van der Waals surface area contributed by atoms with Crippen LogP contribution in [-0.2, 0) is 36.7 Å². The first-order valence-corrected chi connectivity index (χ1v) is 16.4. The molecule has 4 aromatic heterocycles. The number of rotatable bonds is 2.